The van der Waals surface area contributed by atoms with E-state index in [4.69, 9.17) is 4.74 Å². The van der Waals surface area contributed by atoms with Crippen LogP contribution in [-0.4, -0.2) is 70.7 Å². The summed E-state index contributed by atoms with van der Waals surface area (Å²) in [5.41, 5.74) is 1.05. The van der Waals surface area contributed by atoms with Crippen molar-refractivity contribution in [2.75, 3.05) is 44.5 Å². The van der Waals surface area contributed by atoms with E-state index in [1.54, 1.807) is 24.3 Å². The molecule has 1 fully saturated rings. The summed E-state index contributed by atoms with van der Waals surface area (Å²) in [5, 5.41) is 11.9. The van der Waals surface area contributed by atoms with Crippen molar-refractivity contribution in [1.82, 2.24) is 19.7 Å². The third-order valence-electron chi connectivity index (χ3n) is 4.32. The average molecular weight is 405 g/mol. The second-order valence-corrected chi connectivity index (χ2v) is 7.19. The van der Waals surface area contributed by atoms with Crippen molar-refractivity contribution in [3.05, 3.63) is 35.7 Å². The number of carbonyl (C=O) groups is 2. The highest BCUT2D eigenvalue weighted by Gasteiger charge is 2.16. The largest absolute Gasteiger partial charge is 0.465 e. The Morgan fingerprint density at radius 3 is 2.61 bits per heavy atom. The normalized spacial score (nSPS) is 14.6. The van der Waals surface area contributed by atoms with Crippen LogP contribution in [0.25, 0.3) is 0 Å². The number of morpholine rings is 1. The van der Waals surface area contributed by atoms with E-state index >= 15 is 0 Å². The van der Waals surface area contributed by atoms with Crippen LogP contribution in [0.3, 0.4) is 0 Å². The Bertz CT molecular complexity index is 818. The van der Waals surface area contributed by atoms with Crippen LogP contribution in [0, 0.1) is 0 Å². The van der Waals surface area contributed by atoms with Gasteiger partial charge in [0.05, 0.1) is 38.2 Å². The Kier molecular flexibility index (Phi) is 7.01. The van der Waals surface area contributed by atoms with E-state index in [-0.39, 0.29) is 11.7 Å². The van der Waals surface area contributed by atoms with Crippen LogP contribution in [-0.2, 0) is 27.9 Å². The van der Waals surface area contributed by atoms with Gasteiger partial charge in [0, 0.05) is 25.8 Å². The molecule has 1 aromatic heterocycles. The van der Waals surface area contributed by atoms with Crippen molar-refractivity contribution in [3.8, 4) is 0 Å². The van der Waals surface area contributed by atoms with Crippen LogP contribution >= 0.6 is 11.8 Å². The van der Waals surface area contributed by atoms with E-state index in [0.717, 1.165) is 32.1 Å². The number of nitrogens with one attached hydrogen (secondary N) is 1. The Labute approximate surface area is 167 Å². The molecule has 1 aliphatic rings. The second kappa shape index (κ2) is 9.67. The number of ether oxygens (including phenoxy) is 2. The summed E-state index contributed by atoms with van der Waals surface area (Å²) in [6, 6.07) is 6.54. The van der Waals surface area contributed by atoms with Crippen LogP contribution in [0.2, 0.25) is 0 Å². The molecule has 2 heterocycles. The number of amides is 1. The molecule has 0 unspecified atom stereocenters. The number of hydrogen-bond acceptors (Lipinski definition) is 8. The summed E-state index contributed by atoms with van der Waals surface area (Å²) in [6.45, 7) is 3.95. The van der Waals surface area contributed by atoms with Crippen molar-refractivity contribution in [2.24, 2.45) is 7.05 Å². The van der Waals surface area contributed by atoms with E-state index < -0.39 is 5.97 Å². The molecule has 1 aromatic carbocycles. The summed E-state index contributed by atoms with van der Waals surface area (Å²) in [5.74, 6) is 0.503. The maximum atomic E-state index is 12.2. The summed E-state index contributed by atoms with van der Waals surface area (Å²) >= 11 is 1.33. The highest BCUT2D eigenvalue weighted by atomic mass is 32.2. The van der Waals surface area contributed by atoms with E-state index in [9.17, 15) is 9.59 Å². The summed E-state index contributed by atoms with van der Waals surface area (Å²) in [6.07, 6.45) is 0. The lowest BCUT2D eigenvalue weighted by molar-refractivity contribution is -0.113. The minimum atomic E-state index is -0.413. The van der Waals surface area contributed by atoms with Gasteiger partial charge in [0.25, 0.3) is 0 Å². The van der Waals surface area contributed by atoms with Gasteiger partial charge in [0.1, 0.15) is 5.82 Å². The molecule has 0 spiro atoms. The van der Waals surface area contributed by atoms with Crippen molar-refractivity contribution in [1.29, 1.82) is 0 Å². The molecule has 1 N–H and O–H groups in total. The average Bonchev–Trinajstić information content (AvgIpc) is 3.06. The lowest BCUT2D eigenvalue weighted by atomic mass is 10.2. The Morgan fingerprint density at radius 2 is 1.93 bits per heavy atom. The number of benzene rings is 1. The molecule has 0 aliphatic carbocycles. The molecule has 1 saturated heterocycles. The quantitative estimate of drug-likeness (QED) is 0.541. The Balaban J connectivity index is 1.49. The molecule has 0 atom stereocenters. The molecule has 0 bridgehead atoms. The third-order valence-corrected chi connectivity index (χ3v) is 5.34. The summed E-state index contributed by atoms with van der Waals surface area (Å²) < 4.78 is 11.9. The number of nitrogens with zero attached hydrogens (tertiary/aromatic N) is 4. The van der Waals surface area contributed by atoms with Crippen LogP contribution in [0.5, 0.6) is 0 Å². The number of hydrogen-bond donors (Lipinski definition) is 1. The van der Waals surface area contributed by atoms with E-state index in [1.807, 2.05) is 11.6 Å². The van der Waals surface area contributed by atoms with Crippen molar-refractivity contribution < 1.29 is 19.1 Å². The molecular formula is C18H23N5O4S. The fourth-order valence-corrected chi connectivity index (χ4v) is 3.43. The number of esters is 1. The molecule has 28 heavy (non-hydrogen) atoms. The second-order valence-electron chi connectivity index (χ2n) is 6.25. The fourth-order valence-electron chi connectivity index (χ4n) is 2.70. The van der Waals surface area contributed by atoms with Gasteiger partial charge in [0.15, 0.2) is 5.16 Å². The first-order valence-corrected chi connectivity index (χ1v) is 9.85. The summed E-state index contributed by atoms with van der Waals surface area (Å²) in [7, 11) is 3.23. The smallest absolute Gasteiger partial charge is 0.337 e. The van der Waals surface area contributed by atoms with Crippen LogP contribution in [0.15, 0.2) is 29.4 Å². The molecular weight excluding hydrogens is 382 g/mol. The van der Waals surface area contributed by atoms with Gasteiger partial charge in [0.2, 0.25) is 5.91 Å². The molecule has 0 radical (unpaired) electrons. The minimum absolute atomic E-state index is 0.159. The maximum absolute atomic E-state index is 12.2. The molecule has 3 rings (SSSR count). The number of aromatic nitrogens is 3. The van der Waals surface area contributed by atoms with Gasteiger partial charge in [-0.25, -0.2) is 4.79 Å². The maximum Gasteiger partial charge on any atom is 0.337 e. The van der Waals surface area contributed by atoms with Gasteiger partial charge >= 0.3 is 5.97 Å². The Morgan fingerprint density at radius 1 is 1.21 bits per heavy atom. The molecule has 2 aromatic rings. The monoisotopic (exact) mass is 405 g/mol. The van der Waals surface area contributed by atoms with Crippen molar-refractivity contribution in [3.63, 3.8) is 0 Å². The summed E-state index contributed by atoms with van der Waals surface area (Å²) in [4.78, 5) is 25.9. The zero-order valence-corrected chi connectivity index (χ0v) is 16.7. The molecule has 10 heteroatoms. The van der Waals surface area contributed by atoms with Crippen LogP contribution in [0.1, 0.15) is 16.2 Å². The van der Waals surface area contributed by atoms with Crippen LogP contribution < -0.4 is 5.32 Å². The third kappa shape index (κ3) is 5.31. The molecule has 1 aliphatic heterocycles. The number of anilines is 1. The standard InChI is InChI=1S/C18H23N5O4S/c1-22-15(11-23-7-9-27-10-8-23)20-21-18(22)28-12-16(24)19-14-5-3-13(4-6-14)17(25)26-2/h3-6H,7-12H2,1-2H3,(H,19,24). The molecule has 150 valence electrons. The predicted molar refractivity (Wildman–Crippen MR) is 104 cm³/mol. The van der Waals surface area contributed by atoms with Gasteiger partial charge < -0.3 is 19.4 Å². The van der Waals surface area contributed by atoms with Gasteiger partial charge in [-0.2, -0.15) is 0 Å². The number of rotatable bonds is 7. The first-order valence-electron chi connectivity index (χ1n) is 8.86. The first kappa shape index (κ1) is 20.3. The van der Waals surface area contributed by atoms with E-state index in [1.165, 1.54) is 18.9 Å². The Hall–Kier alpha value is -2.43. The lowest BCUT2D eigenvalue weighted by Gasteiger charge is -2.25. The number of methoxy groups -OCH3 is 1. The fraction of sp³-hybridized carbons (Fsp3) is 0.444. The highest BCUT2D eigenvalue weighted by molar-refractivity contribution is 7.99. The first-order chi connectivity index (χ1) is 13.6. The molecule has 1 amide bonds. The highest BCUT2D eigenvalue weighted by Crippen LogP contribution is 2.18. The lowest BCUT2D eigenvalue weighted by Crippen LogP contribution is -2.36. The van der Waals surface area contributed by atoms with E-state index in [0.29, 0.717) is 23.0 Å². The van der Waals surface area contributed by atoms with Crippen LogP contribution in [0.4, 0.5) is 5.69 Å². The van der Waals surface area contributed by atoms with E-state index in [2.05, 4.69) is 25.2 Å². The van der Waals surface area contributed by atoms with Crippen molar-refractivity contribution in [2.45, 2.75) is 11.7 Å². The number of thioether (sulfide) groups is 1. The van der Waals surface area contributed by atoms with Crippen molar-refractivity contribution >= 4 is 29.3 Å². The van der Waals surface area contributed by atoms with Gasteiger partial charge in [-0.05, 0) is 24.3 Å². The zero-order chi connectivity index (χ0) is 19.9. The topological polar surface area (TPSA) is 98.6 Å². The minimum Gasteiger partial charge on any atom is -0.465 e. The number of carbonyl (C=O) groups excluding carboxylic acids is 2. The van der Waals surface area contributed by atoms with Gasteiger partial charge in [-0.3, -0.25) is 9.69 Å². The molecule has 0 saturated carbocycles. The van der Waals surface area contributed by atoms with Gasteiger partial charge in [-0.1, -0.05) is 11.8 Å². The van der Waals surface area contributed by atoms with Gasteiger partial charge in [-0.15, -0.1) is 10.2 Å². The zero-order valence-electron chi connectivity index (χ0n) is 15.9. The molecule has 9 nitrogen and oxygen atoms in total. The SMILES string of the molecule is COC(=O)c1ccc(NC(=O)CSc2nnc(CN3CCOCC3)n2C)cc1. The predicted octanol–water partition coefficient (Wildman–Crippen LogP) is 1.16.